The van der Waals surface area contributed by atoms with Crippen molar-refractivity contribution in [3.8, 4) is 28.7 Å². The zero-order valence-corrected chi connectivity index (χ0v) is 25.7. The fourth-order valence-electron chi connectivity index (χ4n) is 7.89. The van der Waals surface area contributed by atoms with E-state index in [0.29, 0.717) is 17.6 Å². The number of nitrogens with zero attached hydrogens (tertiary/aromatic N) is 5. The average molecular weight is 612 g/mol. The molecule has 0 spiro atoms. The van der Waals surface area contributed by atoms with Gasteiger partial charge in [0.1, 0.15) is 0 Å². The summed E-state index contributed by atoms with van der Waals surface area (Å²) in [6, 6.07) is 53.6. The van der Waals surface area contributed by atoms with E-state index in [4.69, 9.17) is 15.0 Å². The van der Waals surface area contributed by atoms with Crippen molar-refractivity contribution in [1.29, 1.82) is 0 Å². The van der Waals surface area contributed by atoms with Gasteiger partial charge in [-0.25, -0.2) is 4.98 Å². The van der Waals surface area contributed by atoms with Crippen LogP contribution < -0.4 is 0 Å². The monoisotopic (exact) mass is 611 g/mol. The molecule has 11 rings (SSSR count). The third-order valence-electron chi connectivity index (χ3n) is 9.89. The molecule has 0 aliphatic rings. The summed E-state index contributed by atoms with van der Waals surface area (Å²) in [6.45, 7) is 0. The summed E-state index contributed by atoms with van der Waals surface area (Å²) in [6.07, 6.45) is 0. The van der Waals surface area contributed by atoms with Crippen molar-refractivity contribution in [2.45, 2.75) is 0 Å². The van der Waals surface area contributed by atoms with Gasteiger partial charge in [0, 0.05) is 32.7 Å². The van der Waals surface area contributed by atoms with Crippen molar-refractivity contribution in [2.75, 3.05) is 0 Å². The van der Waals surface area contributed by atoms with Gasteiger partial charge in [0.25, 0.3) is 0 Å². The van der Waals surface area contributed by atoms with Crippen LogP contribution in [0.4, 0.5) is 0 Å². The summed E-state index contributed by atoms with van der Waals surface area (Å²) < 4.78 is 4.72. The highest BCUT2D eigenvalue weighted by Crippen LogP contribution is 2.45. The summed E-state index contributed by atoms with van der Waals surface area (Å²) >= 11 is 0. The number of fused-ring (bicyclic) bond motifs is 7. The Morgan fingerprint density at radius 2 is 1.02 bits per heavy atom. The Balaban J connectivity index is 1.37. The van der Waals surface area contributed by atoms with Gasteiger partial charge >= 0.3 is 0 Å². The summed E-state index contributed by atoms with van der Waals surface area (Å²) in [5, 5.41) is 9.54. The van der Waals surface area contributed by atoms with E-state index in [2.05, 4.69) is 142 Å². The van der Waals surface area contributed by atoms with Gasteiger partial charge in [0.15, 0.2) is 11.6 Å². The summed E-state index contributed by atoms with van der Waals surface area (Å²) in [4.78, 5) is 15.7. The Morgan fingerprint density at radius 3 is 1.90 bits per heavy atom. The molecule has 4 heterocycles. The van der Waals surface area contributed by atoms with E-state index in [0.717, 1.165) is 43.8 Å². The second kappa shape index (κ2) is 9.47. The quantitative estimate of drug-likeness (QED) is 0.200. The number of hydrogen-bond acceptors (Lipinski definition) is 3. The molecular formula is C43H25N5. The fraction of sp³-hybridized carbons (Fsp3) is 0. The lowest BCUT2D eigenvalue weighted by Gasteiger charge is -2.12. The summed E-state index contributed by atoms with van der Waals surface area (Å²) in [7, 11) is 0. The van der Waals surface area contributed by atoms with Gasteiger partial charge in [0.2, 0.25) is 5.95 Å². The van der Waals surface area contributed by atoms with Crippen LogP contribution in [-0.2, 0) is 0 Å². The molecule has 0 N–H and O–H groups in total. The lowest BCUT2D eigenvalue weighted by molar-refractivity contribution is 0.956. The standard InChI is InChI=1S/C43H25N5/c1-2-13-28(14-3-1)41-44-42(32-21-10-15-26-12-4-5-17-29(26)32)46-43(45-41)48-36-25-24-27-16-11-20-31-30-18-6-8-22-34(30)47-35-23-9-7-19-33(35)39(48)40(47)38(36)37(27)31/h1-25H. The molecule has 7 aromatic carbocycles. The van der Waals surface area contributed by atoms with Gasteiger partial charge in [-0.3, -0.25) is 4.57 Å². The molecule has 48 heavy (non-hydrogen) atoms. The molecule has 0 saturated carbocycles. The Bertz CT molecular complexity index is 3060. The maximum absolute atomic E-state index is 5.33. The topological polar surface area (TPSA) is 48.0 Å². The number of rotatable bonds is 3. The second-order valence-corrected chi connectivity index (χ2v) is 12.4. The first-order chi connectivity index (χ1) is 23.8. The van der Waals surface area contributed by atoms with Crippen molar-refractivity contribution in [2.24, 2.45) is 0 Å². The molecule has 4 aromatic heterocycles. The minimum Gasteiger partial charge on any atom is -0.306 e. The maximum atomic E-state index is 5.33. The van der Waals surface area contributed by atoms with Crippen LogP contribution in [0.2, 0.25) is 0 Å². The van der Waals surface area contributed by atoms with Gasteiger partial charge in [-0.1, -0.05) is 133 Å². The highest BCUT2D eigenvalue weighted by Gasteiger charge is 2.26. The molecule has 0 aliphatic heterocycles. The van der Waals surface area contributed by atoms with Crippen LogP contribution in [0.1, 0.15) is 0 Å². The van der Waals surface area contributed by atoms with Crippen LogP contribution in [0.25, 0.3) is 99.4 Å². The smallest absolute Gasteiger partial charge is 0.238 e. The molecule has 0 amide bonds. The number of para-hydroxylation sites is 2. The lowest BCUT2D eigenvalue weighted by atomic mass is 10.0. The number of hydrogen-bond donors (Lipinski definition) is 0. The summed E-state index contributed by atoms with van der Waals surface area (Å²) in [5.41, 5.74) is 7.58. The third-order valence-corrected chi connectivity index (χ3v) is 9.89. The van der Waals surface area contributed by atoms with Crippen LogP contribution in [0, 0.1) is 0 Å². The van der Waals surface area contributed by atoms with Crippen LogP contribution >= 0.6 is 0 Å². The highest BCUT2D eigenvalue weighted by molar-refractivity contribution is 6.33. The second-order valence-electron chi connectivity index (χ2n) is 12.4. The van der Waals surface area contributed by atoms with E-state index in [1.807, 2.05) is 18.2 Å². The third kappa shape index (κ3) is 3.37. The van der Waals surface area contributed by atoms with Crippen molar-refractivity contribution < 1.29 is 0 Å². The van der Waals surface area contributed by atoms with Crippen LogP contribution in [0.3, 0.4) is 0 Å². The fourth-order valence-corrected chi connectivity index (χ4v) is 7.89. The Morgan fingerprint density at radius 1 is 0.375 bits per heavy atom. The molecule has 5 nitrogen and oxygen atoms in total. The van der Waals surface area contributed by atoms with E-state index < -0.39 is 0 Å². The molecule has 0 fully saturated rings. The van der Waals surface area contributed by atoms with Crippen LogP contribution in [-0.4, -0.2) is 23.9 Å². The zero-order valence-electron chi connectivity index (χ0n) is 25.7. The Hall–Kier alpha value is -6.59. The SMILES string of the molecule is c1ccc(-c2nc(-c3cccc4ccccc34)nc(-n3c4ccc5cccc6c7ccccc7n7c8ccccc8c3c7c4c56)n2)cc1. The maximum Gasteiger partial charge on any atom is 0.238 e. The molecule has 11 aromatic rings. The van der Waals surface area contributed by atoms with Crippen molar-refractivity contribution in [3.63, 3.8) is 0 Å². The first-order valence-electron chi connectivity index (χ1n) is 16.2. The minimum atomic E-state index is 0.598. The van der Waals surface area contributed by atoms with Crippen molar-refractivity contribution in [3.05, 3.63) is 152 Å². The zero-order chi connectivity index (χ0) is 31.3. The van der Waals surface area contributed by atoms with Crippen LogP contribution in [0.5, 0.6) is 0 Å². The molecule has 0 atom stereocenters. The van der Waals surface area contributed by atoms with Gasteiger partial charge in [-0.05, 0) is 39.7 Å². The lowest BCUT2D eigenvalue weighted by Crippen LogP contribution is -2.06. The first kappa shape index (κ1) is 25.6. The average Bonchev–Trinajstić information content (AvgIpc) is 3.62. The van der Waals surface area contributed by atoms with Gasteiger partial charge in [-0.15, -0.1) is 0 Å². The van der Waals surface area contributed by atoms with E-state index >= 15 is 0 Å². The van der Waals surface area contributed by atoms with E-state index in [1.165, 1.54) is 38.0 Å². The summed E-state index contributed by atoms with van der Waals surface area (Å²) in [5.74, 6) is 1.88. The molecule has 0 aliphatic carbocycles. The molecular weight excluding hydrogens is 587 g/mol. The van der Waals surface area contributed by atoms with Crippen molar-refractivity contribution >= 4 is 70.7 Å². The Kier molecular flexibility index (Phi) is 5.05. The minimum absolute atomic E-state index is 0.598. The van der Waals surface area contributed by atoms with Gasteiger partial charge < -0.3 is 4.40 Å². The predicted octanol–water partition coefficient (Wildman–Crippen LogP) is 10.6. The molecule has 0 bridgehead atoms. The first-order valence-corrected chi connectivity index (χ1v) is 16.2. The molecule has 0 radical (unpaired) electrons. The van der Waals surface area contributed by atoms with E-state index in [9.17, 15) is 0 Å². The van der Waals surface area contributed by atoms with E-state index in [-0.39, 0.29) is 0 Å². The number of aromatic nitrogens is 5. The number of benzene rings is 7. The normalized spacial score (nSPS) is 12.2. The molecule has 0 unspecified atom stereocenters. The molecule has 5 heteroatoms. The molecule has 222 valence electrons. The van der Waals surface area contributed by atoms with Crippen molar-refractivity contribution in [1.82, 2.24) is 23.9 Å². The predicted molar refractivity (Wildman–Crippen MR) is 197 cm³/mol. The molecule has 0 saturated heterocycles. The Labute approximate surface area is 274 Å². The van der Waals surface area contributed by atoms with Gasteiger partial charge in [0.05, 0.1) is 27.6 Å². The highest BCUT2D eigenvalue weighted by atomic mass is 15.2. The van der Waals surface area contributed by atoms with Gasteiger partial charge in [-0.2, -0.15) is 9.97 Å². The van der Waals surface area contributed by atoms with Crippen LogP contribution in [0.15, 0.2) is 152 Å². The largest absolute Gasteiger partial charge is 0.306 e. The van der Waals surface area contributed by atoms with E-state index in [1.54, 1.807) is 0 Å².